The number of rotatable bonds is 12. The lowest BCUT2D eigenvalue weighted by molar-refractivity contribution is 0.304. The molecule has 2 N–H and O–H groups in total. The monoisotopic (exact) mass is 291 g/mol. The maximum Gasteiger partial charge on any atom is 0.119 e. The van der Waals surface area contributed by atoms with Crippen LogP contribution in [0.5, 0.6) is 5.75 Å². The molecule has 1 aromatic carbocycles. The van der Waals surface area contributed by atoms with Gasteiger partial charge < -0.3 is 10.5 Å². The van der Waals surface area contributed by atoms with Crippen molar-refractivity contribution < 1.29 is 4.74 Å². The molecule has 0 aliphatic carbocycles. The zero-order valence-corrected chi connectivity index (χ0v) is 13.9. The van der Waals surface area contributed by atoms with E-state index in [9.17, 15) is 0 Å². The van der Waals surface area contributed by atoms with Crippen molar-refractivity contribution in [3.63, 3.8) is 0 Å². The first-order chi connectivity index (χ1) is 10.3. The molecule has 2 nitrogen and oxygen atoms in total. The summed E-state index contributed by atoms with van der Waals surface area (Å²) < 4.78 is 5.79. The molecule has 0 saturated heterocycles. The molecule has 0 amide bonds. The quantitative estimate of drug-likeness (QED) is 0.544. The Morgan fingerprint density at radius 2 is 1.52 bits per heavy atom. The van der Waals surface area contributed by atoms with Gasteiger partial charge in [-0.05, 0) is 37.0 Å². The molecule has 1 unspecified atom stereocenters. The topological polar surface area (TPSA) is 35.2 Å². The summed E-state index contributed by atoms with van der Waals surface area (Å²) >= 11 is 0. The van der Waals surface area contributed by atoms with E-state index in [-0.39, 0.29) is 6.04 Å². The second kappa shape index (κ2) is 11.6. The van der Waals surface area contributed by atoms with Crippen molar-refractivity contribution in [2.24, 2.45) is 5.73 Å². The number of hydrogen-bond donors (Lipinski definition) is 1. The second-order valence-electron chi connectivity index (χ2n) is 5.99. The van der Waals surface area contributed by atoms with Gasteiger partial charge in [0.25, 0.3) is 0 Å². The van der Waals surface area contributed by atoms with Crippen molar-refractivity contribution >= 4 is 0 Å². The van der Waals surface area contributed by atoms with E-state index in [1.54, 1.807) is 0 Å². The van der Waals surface area contributed by atoms with E-state index in [1.165, 1.54) is 44.1 Å². The largest absolute Gasteiger partial charge is 0.494 e. The van der Waals surface area contributed by atoms with Gasteiger partial charge in [0.1, 0.15) is 5.75 Å². The van der Waals surface area contributed by atoms with Gasteiger partial charge in [-0.15, -0.1) is 0 Å². The van der Waals surface area contributed by atoms with Gasteiger partial charge in [0.05, 0.1) is 6.61 Å². The molecule has 0 fully saturated rings. The smallest absolute Gasteiger partial charge is 0.119 e. The molecule has 1 aromatic rings. The number of benzene rings is 1. The minimum absolute atomic E-state index is 0.268. The van der Waals surface area contributed by atoms with Crippen LogP contribution in [0.25, 0.3) is 0 Å². The zero-order chi connectivity index (χ0) is 15.3. The first kappa shape index (κ1) is 18.0. The van der Waals surface area contributed by atoms with Crippen LogP contribution in [0.4, 0.5) is 0 Å². The molecule has 0 aromatic heterocycles. The normalized spacial score (nSPS) is 12.3. The molecule has 0 radical (unpaired) electrons. The van der Waals surface area contributed by atoms with Gasteiger partial charge >= 0.3 is 0 Å². The molecule has 0 aliphatic rings. The molecule has 0 saturated carbocycles. The summed E-state index contributed by atoms with van der Waals surface area (Å²) in [5, 5.41) is 0. The van der Waals surface area contributed by atoms with Gasteiger partial charge in [-0.3, -0.25) is 0 Å². The van der Waals surface area contributed by atoms with Crippen LogP contribution in [0, 0.1) is 0 Å². The van der Waals surface area contributed by atoms with E-state index in [1.807, 2.05) is 0 Å². The summed E-state index contributed by atoms with van der Waals surface area (Å²) in [7, 11) is 0. The van der Waals surface area contributed by atoms with Gasteiger partial charge in [0.15, 0.2) is 0 Å². The fourth-order valence-electron chi connectivity index (χ4n) is 2.42. The average Bonchev–Trinajstić information content (AvgIpc) is 2.51. The highest BCUT2D eigenvalue weighted by Gasteiger charge is 2.01. The molecule has 1 rings (SSSR count). The molecule has 2 heteroatoms. The number of ether oxygens (including phenoxy) is 1. The van der Waals surface area contributed by atoms with Crippen molar-refractivity contribution in [3.05, 3.63) is 29.8 Å². The van der Waals surface area contributed by atoms with Crippen molar-refractivity contribution in [3.8, 4) is 5.75 Å². The van der Waals surface area contributed by atoms with Gasteiger partial charge in [0, 0.05) is 6.04 Å². The van der Waals surface area contributed by atoms with Crippen molar-refractivity contribution in [1.29, 1.82) is 0 Å². The van der Waals surface area contributed by atoms with Crippen LogP contribution >= 0.6 is 0 Å². The van der Waals surface area contributed by atoms with Crippen LogP contribution in [0.3, 0.4) is 0 Å². The summed E-state index contributed by atoms with van der Waals surface area (Å²) in [6.07, 6.45) is 11.2. The fraction of sp³-hybridized carbons (Fsp3) is 0.684. The molecular formula is C19H33NO. The van der Waals surface area contributed by atoms with E-state index in [4.69, 9.17) is 10.5 Å². The molecule has 21 heavy (non-hydrogen) atoms. The number of nitrogens with two attached hydrogens (primary N) is 1. The van der Waals surface area contributed by atoms with Gasteiger partial charge in [-0.1, -0.05) is 64.5 Å². The minimum atomic E-state index is 0.268. The highest BCUT2D eigenvalue weighted by atomic mass is 16.5. The van der Waals surface area contributed by atoms with Crippen molar-refractivity contribution in [2.45, 2.75) is 77.7 Å². The fourth-order valence-corrected chi connectivity index (χ4v) is 2.42. The van der Waals surface area contributed by atoms with Crippen LogP contribution in [0.15, 0.2) is 24.3 Å². The predicted octanol–water partition coefficient (Wildman–Crippen LogP) is 5.10. The summed E-state index contributed by atoms with van der Waals surface area (Å²) in [4.78, 5) is 0. The SMILES string of the molecule is CCCCCCCCCOc1ccc(CC(N)CC)cc1. The zero-order valence-electron chi connectivity index (χ0n) is 13.9. The van der Waals surface area contributed by atoms with Gasteiger partial charge in [-0.25, -0.2) is 0 Å². The molecular weight excluding hydrogens is 258 g/mol. The molecule has 0 heterocycles. The Bertz CT molecular complexity index is 347. The summed E-state index contributed by atoms with van der Waals surface area (Å²) in [5.74, 6) is 0.981. The Kier molecular flexibility index (Phi) is 9.98. The summed E-state index contributed by atoms with van der Waals surface area (Å²) in [6, 6.07) is 8.67. The molecule has 0 bridgehead atoms. The predicted molar refractivity (Wildman–Crippen MR) is 91.9 cm³/mol. The average molecular weight is 291 g/mol. The highest BCUT2D eigenvalue weighted by molar-refractivity contribution is 5.27. The van der Waals surface area contributed by atoms with Crippen molar-refractivity contribution in [1.82, 2.24) is 0 Å². The van der Waals surface area contributed by atoms with E-state index in [0.29, 0.717) is 0 Å². The van der Waals surface area contributed by atoms with E-state index >= 15 is 0 Å². The maximum absolute atomic E-state index is 5.97. The third-order valence-electron chi connectivity index (χ3n) is 3.96. The molecule has 0 aliphatic heterocycles. The Hall–Kier alpha value is -1.02. The molecule has 1 atom stereocenters. The third kappa shape index (κ3) is 8.77. The second-order valence-corrected chi connectivity index (χ2v) is 5.99. The Morgan fingerprint density at radius 3 is 2.14 bits per heavy atom. The summed E-state index contributed by atoms with van der Waals surface area (Å²) in [6.45, 7) is 5.22. The van der Waals surface area contributed by atoms with Gasteiger partial charge in [-0.2, -0.15) is 0 Å². The van der Waals surface area contributed by atoms with Crippen LogP contribution in [0.2, 0.25) is 0 Å². The Morgan fingerprint density at radius 1 is 0.905 bits per heavy atom. The number of unbranched alkanes of at least 4 members (excludes halogenated alkanes) is 6. The minimum Gasteiger partial charge on any atom is -0.494 e. The molecule has 120 valence electrons. The van der Waals surface area contributed by atoms with Gasteiger partial charge in [0.2, 0.25) is 0 Å². The standard InChI is InChI=1S/C19H33NO/c1-3-5-6-7-8-9-10-15-21-19-13-11-17(12-14-19)16-18(20)4-2/h11-14,18H,3-10,15-16,20H2,1-2H3. The van der Waals surface area contributed by atoms with Crippen LogP contribution < -0.4 is 10.5 Å². The number of hydrogen-bond acceptors (Lipinski definition) is 2. The van der Waals surface area contributed by atoms with Crippen LogP contribution in [-0.2, 0) is 6.42 Å². The van der Waals surface area contributed by atoms with Crippen LogP contribution in [-0.4, -0.2) is 12.6 Å². The van der Waals surface area contributed by atoms with E-state index < -0.39 is 0 Å². The summed E-state index contributed by atoms with van der Waals surface area (Å²) in [5.41, 5.74) is 7.27. The first-order valence-corrected chi connectivity index (χ1v) is 8.73. The van der Waals surface area contributed by atoms with Crippen molar-refractivity contribution in [2.75, 3.05) is 6.61 Å². The Balaban J connectivity index is 2.10. The maximum atomic E-state index is 5.97. The van der Waals surface area contributed by atoms with Crippen LogP contribution in [0.1, 0.15) is 70.8 Å². The first-order valence-electron chi connectivity index (χ1n) is 8.73. The highest BCUT2D eigenvalue weighted by Crippen LogP contribution is 2.14. The van der Waals surface area contributed by atoms with E-state index in [0.717, 1.165) is 31.6 Å². The third-order valence-corrected chi connectivity index (χ3v) is 3.96. The van der Waals surface area contributed by atoms with E-state index in [2.05, 4.69) is 38.1 Å². The Labute approximate surface area is 131 Å². The lowest BCUT2D eigenvalue weighted by Crippen LogP contribution is -2.21. The molecule has 0 spiro atoms. The lowest BCUT2D eigenvalue weighted by Gasteiger charge is -2.10. The lowest BCUT2D eigenvalue weighted by atomic mass is 10.0.